The summed E-state index contributed by atoms with van der Waals surface area (Å²) in [5, 5.41) is 6.79. The molecule has 1 saturated heterocycles. The van der Waals surface area contributed by atoms with Gasteiger partial charge in [0.1, 0.15) is 10.8 Å². The van der Waals surface area contributed by atoms with Gasteiger partial charge in [0.25, 0.3) is 5.91 Å². The van der Waals surface area contributed by atoms with E-state index in [0.29, 0.717) is 42.3 Å². The van der Waals surface area contributed by atoms with Crippen LogP contribution in [0.5, 0.6) is 0 Å². The van der Waals surface area contributed by atoms with Gasteiger partial charge in [-0.3, -0.25) is 14.3 Å². The Labute approximate surface area is 192 Å². The number of aromatic nitrogens is 3. The van der Waals surface area contributed by atoms with Crippen molar-refractivity contribution in [2.45, 2.75) is 52.0 Å². The van der Waals surface area contributed by atoms with Crippen molar-refractivity contribution in [2.24, 2.45) is 5.41 Å². The molecule has 1 fully saturated rings. The summed E-state index contributed by atoms with van der Waals surface area (Å²) in [5.74, 6) is 0.125. The molecule has 1 amide bonds. The van der Waals surface area contributed by atoms with Crippen molar-refractivity contribution < 1.29 is 9.59 Å². The van der Waals surface area contributed by atoms with Crippen molar-refractivity contribution >= 4 is 34.1 Å². The lowest BCUT2D eigenvalue weighted by atomic mass is 9.67. The van der Waals surface area contributed by atoms with Crippen LogP contribution in [0, 0.1) is 5.41 Å². The standard InChI is InChI=1S/C25H27ClN4O2/c1-24(2,3)30-15-18-6-8-25(21(31)20(18)28-30)9-12-29(13-10-25)23(32)17-5-4-16-7-11-27-22(26)19(16)14-17/h4-5,7,11,14-15H,6,8-10,12-13H2,1-3H3. The minimum Gasteiger partial charge on any atom is -0.339 e. The molecule has 166 valence electrons. The van der Waals surface area contributed by atoms with Crippen LogP contribution in [0.15, 0.2) is 36.7 Å². The van der Waals surface area contributed by atoms with Gasteiger partial charge in [-0.15, -0.1) is 0 Å². The summed E-state index contributed by atoms with van der Waals surface area (Å²) >= 11 is 6.22. The third-order valence-electron chi connectivity index (χ3n) is 7.02. The molecule has 32 heavy (non-hydrogen) atoms. The SMILES string of the molecule is CC(C)(C)n1cc2c(n1)C(=O)C1(CC2)CCN(C(=O)c2ccc3ccnc(Cl)c3c2)CC1. The highest BCUT2D eigenvalue weighted by atomic mass is 35.5. The first-order chi connectivity index (χ1) is 15.2. The number of amides is 1. The van der Waals surface area contributed by atoms with Crippen molar-refractivity contribution in [1.82, 2.24) is 19.7 Å². The number of Topliss-reactive ketones (excluding diaryl/α,β-unsaturated/α-hetero) is 1. The molecular formula is C25H27ClN4O2. The Balaban J connectivity index is 1.34. The number of hydrogen-bond donors (Lipinski definition) is 0. The second-order valence-electron chi connectivity index (χ2n) is 10.1. The van der Waals surface area contributed by atoms with Crippen LogP contribution in [-0.2, 0) is 12.0 Å². The van der Waals surface area contributed by atoms with E-state index in [1.807, 2.05) is 40.0 Å². The Hall–Kier alpha value is -2.73. The molecule has 0 atom stereocenters. The maximum absolute atomic E-state index is 13.5. The Morgan fingerprint density at radius 1 is 1.12 bits per heavy atom. The number of ketones is 1. The van der Waals surface area contributed by atoms with Crippen LogP contribution < -0.4 is 0 Å². The first-order valence-electron chi connectivity index (χ1n) is 11.2. The van der Waals surface area contributed by atoms with Crippen LogP contribution in [0.25, 0.3) is 10.8 Å². The number of rotatable bonds is 1. The maximum Gasteiger partial charge on any atom is 0.253 e. The highest BCUT2D eigenvalue weighted by Gasteiger charge is 2.46. The maximum atomic E-state index is 13.5. The van der Waals surface area contributed by atoms with Crippen LogP contribution >= 0.6 is 11.6 Å². The molecule has 6 nitrogen and oxygen atoms in total. The van der Waals surface area contributed by atoms with Gasteiger partial charge in [0.2, 0.25) is 0 Å². The zero-order chi connectivity index (χ0) is 22.7. The minimum absolute atomic E-state index is 0.0253. The first kappa shape index (κ1) is 21.1. The Bertz CT molecular complexity index is 1230. The number of aryl methyl sites for hydroxylation is 1. The van der Waals surface area contributed by atoms with Gasteiger partial charge in [-0.1, -0.05) is 17.7 Å². The summed E-state index contributed by atoms with van der Waals surface area (Å²) < 4.78 is 1.91. The number of carbonyl (C=O) groups excluding carboxylic acids is 2. The molecule has 2 aliphatic rings. The molecule has 0 bridgehead atoms. The van der Waals surface area contributed by atoms with Gasteiger partial charge in [0.05, 0.1) is 5.54 Å². The zero-order valence-corrected chi connectivity index (χ0v) is 19.4. The summed E-state index contributed by atoms with van der Waals surface area (Å²) in [5.41, 5.74) is 1.72. The highest BCUT2D eigenvalue weighted by molar-refractivity contribution is 6.34. The van der Waals surface area contributed by atoms with Gasteiger partial charge >= 0.3 is 0 Å². The van der Waals surface area contributed by atoms with E-state index in [9.17, 15) is 9.59 Å². The topological polar surface area (TPSA) is 68.1 Å². The fourth-order valence-electron chi connectivity index (χ4n) is 4.93. The molecule has 0 unspecified atom stereocenters. The minimum atomic E-state index is -0.405. The van der Waals surface area contributed by atoms with Gasteiger partial charge in [-0.25, -0.2) is 4.98 Å². The lowest BCUT2D eigenvalue weighted by Crippen LogP contribution is -2.48. The summed E-state index contributed by atoms with van der Waals surface area (Å²) in [7, 11) is 0. The molecule has 1 aliphatic carbocycles. The number of halogens is 1. The van der Waals surface area contributed by atoms with E-state index in [0.717, 1.165) is 29.2 Å². The number of likely N-dealkylation sites (tertiary alicyclic amines) is 1. The molecule has 5 rings (SSSR count). The largest absolute Gasteiger partial charge is 0.339 e. The third-order valence-corrected chi connectivity index (χ3v) is 7.32. The second-order valence-corrected chi connectivity index (χ2v) is 10.4. The van der Waals surface area contributed by atoms with Crippen molar-refractivity contribution in [2.75, 3.05) is 13.1 Å². The van der Waals surface area contributed by atoms with Gasteiger partial charge in [-0.05, 0) is 70.0 Å². The monoisotopic (exact) mass is 450 g/mol. The quantitative estimate of drug-likeness (QED) is 0.495. The smallest absolute Gasteiger partial charge is 0.253 e. The molecule has 0 saturated carbocycles. The molecule has 3 heterocycles. The molecular weight excluding hydrogens is 424 g/mol. The first-order valence-corrected chi connectivity index (χ1v) is 11.5. The Kier molecular flexibility index (Phi) is 4.89. The number of benzene rings is 1. The van der Waals surface area contributed by atoms with E-state index in [1.54, 1.807) is 6.20 Å². The predicted octanol–water partition coefficient (Wildman–Crippen LogP) is 4.89. The highest BCUT2D eigenvalue weighted by Crippen LogP contribution is 2.43. The fraction of sp³-hybridized carbons (Fsp3) is 0.440. The molecule has 3 aromatic rings. The van der Waals surface area contributed by atoms with Crippen LogP contribution in [0.4, 0.5) is 0 Å². The number of nitrogens with zero attached hydrogens (tertiary/aromatic N) is 4. The molecule has 0 N–H and O–H groups in total. The van der Waals surface area contributed by atoms with Gasteiger partial charge in [0, 0.05) is 47.4 Å². The molecule has 1 spiro atoms. The van der Waals surface area contributed by atoms with Gasteiger partial charge in [0.15, 0.2) is 5.78 Å². The van der Waals surface area contributed by atoms with Gasteiger partial charge < -0.3 is 4.90 Å². The number of carbonyl (C=O) groups is 2. The fourth-order valence-corrected chi connectivity index (χ4v) is 5.15. The lowest BCUT2D eigenvalue weighted by Gasteiger charge is -2.42. The molecule has 2 aromatic heterocycles. The summed E-state index contributed by atoms with van der Waals surface area (Å²) in [6, 6.07) is 7.43. The van der Waals surface area contributed by atoms with Crippen molar-refractivity contribution in [3.05, 3.63) is 58.6 Å². The van der Waals surface area contributed by atoms with E-state index >= 15 is 0 Å². The number of piperidine rings is 1. The second kappa shape index (κ2) is 7.41. The Morgan fingerprint density at radius 3 is 2.59 bits per heavy atom. The summed E-state index contributed by atoms with van der Waals surface area (Å²) in [6.07, 6.45) is 6.73. The number of pyridine rings is 1. The van der Waals surface area contributed by atoms with E-state index < -0.39 is 5.41 Å². The predicted molar refractivity (Wildman–Crippen MR) is 124 cm³/mol. The van der Waals surface area contributed by atoms with Crippen molar-refractivity contribution in [3.8, 4) is 0 Å². The average molecular weight is 451 g/mol. The van der Waals surface area contributed by atoms with E-state index in [-0.39, 0.29) is 17.2 Å². The number of fused-ring (bicyclic) bond motifs is 2. The molecule has 7 heteroatoms. The summed E-state index contributed by atoms with van der Waals surface area (Å²) in [4.78, 5) is 32.6. The molecule has 1 aliphatic heterocycles. The van der Waals surface area contributed by atoms with Crippen LogP contribution in [-0.4, -0.2) is 44.4 Å². The summed E-state index contributed by atoms with van der Waals surface area (Å²) in [6.45, 7) is 7.40. The van der Waals surface area contributed by atoms with Crippen molar-refractivity contribution in [1.29, 1.82) is 0 Å². The van der Waals surface area contributed by atoms with Crippen molar-refractivity contribution in [3.63, 3.8) is 0 Å². The number of hydrogen-bond acceptors (Lipinski definition) is 4. The van der Waals surface area contributed by atoms with E-state index in [4.69, 9.17) is 11.6 Å². The van der Waals surface area contributed by atoms with E-state index in [1.165, 1.54) is 0 Å². The molecule has 1 aromatic carbocycles. The van der Waals surface area contributed by atoms with Gasteiger partial charge in [-0.2, -0.15) is 5.10 Å². The van der Waals surface area contributed by atoms with Crippen LogP contribution in [0.2, 0.25) is 5.15 Å². The van der Waals surface area contributed by atoms with E-state index in [2.05, 4.69) is 30.9 Å². The lowest BCUT2D eigenvalue weighted by molar-refractivity contribution is 0.0453. The third kappa shape index (κ3) is 3.41. The Morgan fingerprint density at radius 2 is 1.88 bits per heavy atom. The normalized spacial score (nSPS) is 18.2. The zero-order valence-electron chi connectivity index (χ0n) is 18.7. The van der Waals surface area contributed by atoms with Crippen LogP contribution in [0.1, 0.15) is 66.4 Å². The average Bonchev–Trinajstić information content (AvgIpc) is 3.22. The molecule has 0 radical (unpaired) electrons. The van der Waals surface area contributed by atoms with Crippen LogP contribution in [0.3, 0.4) is 0 Å².